The molecule has 17 heavy (non-hydrogen) atoms. The summed E-state index contributed by atoms with van der Waals surface area (Å²) in [6.07, 6.45) is 0. The van der Waals surface area contributed by atoms with E-state index in [1.54, 1.807) is 26.0 Å². The number of hydrogen-bond acceptors (Lipinski definition) is 4. The minimum atomic E-state index is -0.903. The summed E-state index contributed by atoms with van der Waals surface area (Å²) < 4.78 is 0. The summed E-state index contributed by atoms with van der Waals surface area (Å²) in [6, 6.07) is 5.29. The Kier molecular flexibility index (Phi) is 2.97. The van der Waals surface area contributed by atoms with Crippen LogP contribution < -0.4 is 11.1 Å². The number of nitrogens with two attached hydrogens (primary N) is 1. The van der Waals surface area contributed by atoms with Gasteiger partial charge in [0.05, 0.1) is 17.0 Å². The highest BCUT2D eigenvalue weighted by Crippen LogP contribution is 2.32. The molecule has 5 heteroatoms. The van der Waals surface area contributed by atoms with Crippen LogP contribution in [0.4, 0.5) is 5.69 Å². The van der Waals surface area contributed by atoms with Crippen LogP contribution in [-0.4, -0.2) is 23.0 Å². The van der Waals surface area contributed by atoms with E-state index in [1.807, 2.05) is 6.07 Å². The molecule has 0 saturated heterocycles. The average molecular weight is 250 g/mol. The molecule has 0 radical (unpaired) electrons. The largest absolute Gasteiger partial charge is 0.324 e. The highest BCUT2D eigenvalue weighted by atomic mass is 32.2. The third-order valence-corrected chi connectivity index (χ3v) is 3.53. The molecule has 0 bridgehead atoms. The van der Waals surface area contributed by atoms with E-state index in [-0.39, 0.29) is 11.7 Å². The molecule has 0 fully saturated rings. The van der Waals surface area contributed by atoms with Crippen molar-refractivity contribution in [2.45, 2.75) is 24.3 Å². The van der Waals surface area contributed by atoms with Gasteiger partial charge in [0.2, 0.25) is 5.91 Å². The van der Waals surface area contributed by atoms with Crippen molar-refractivity contribution in [1.29, 1.82) is 0 Å². The lowest BCUT2D eigenvalue weighted by atomic mass is 9.94. The number of Topliss-reactive ketones (excluding diaryl/α,β-unsaturated/α-hetero) is 1. The number of amides is 1. The number of carbonyl (C=O) groups excluding carboxylic acids is 2. The molecular weight excluding hydrogens is 236 g/mol. The van der Waals surface area contributed by atoms with Crippen molar-refractivity contribution in [1.82, 2.24) is 0 Å². The van der Waals surface area contributed by atoms with Crippen molar-refractivity contribution >= 4 is 29.1 Å². The molecule has 1 aromatic rings. The van der Waals surface area contributed by atoms with Gasteiger partial charge in [0.15, 0.2) is 5.78 Å². The predicted molar refractivity (Wildman–Crippen MR) is 68.4 cm³/mol. The van der Waals surface area contributed by atoms with Crippen molar-refractivity contribution in [2.75, 3.05) is 11.1 Å². The topological polar surface area (TPSA) is 72.2 Å². The van der Waals surface area contributed by atoms with E-state index < -0.39 is 5.54 Å². The Labute approximate surface area is 104 Å². The van der Waals surface area contributed by atoms with Gasteiger partial charge in [-0.3, -0.25) is 9.59 Å². The number of anilines is 1. The Hall–Kier alpha value is -1.33. The van der Waals surface area contributed by atoms with E-state index in [0.717, 1.165) is 4.90 Å². The van der Waals surface area contributed by atoms with Gasteiger partial charge in [-0.15, -0.1) is 11.8 Å². The van der Waals surface area contributed by atoms with Gasteiger partial charge in [-0.2, -0.15) is 0 Å². The van der Waals surface area contributed by atoms with Gasteiger partial charge in [-0.05, 0) is 26.0 Å². The van der Waals surface area contributed by atoms with Crippen LogP contribution in [0.15, 0.2) is 23.1 Å². The maximum Gasteiger partial charge on any atom is 0.234 e. The Morgan fingerprint density at radius 1 is 1.47 bits per heavy atom. The summed E-state index contributed by atoms with van der Waals surface area (Å²) in [5.74, 6) is 0.243. The third-order valence-electron chi connectivity index (χ3n) is 2.46. The number of rotatable bonds is 2. The highest BCUT2D eigenvalue weighted by molar-refractivity contribution is 8.00. The van der Waals surface area contributed by atoms with Crippen LogP contribution in [0.2, 0.25) is 0 Å². The highest BCUT2D eigenvalue weighted by Gasteiger charge is 2.25. The lowest BCUT2D eigenvalue weighted by Crippen LogP contribution is -2.41. The van der Waals surface area contributed by atoms with Crippen molar-refractivity contribution in [3.05, 3.63) is 23.8 Å². The second-order valence-corrected chi connectivity index (χ2v) is 5.62. The van der Waals surface area contributed by atoms with Crippen LogP contribution >= 0.6 is 11.8 Å². The fourth-order valence-corrected chi connectivity index (χ4v) is 2.38. The Bertz CT molecular complexity index is 492. The SMILES string of the molecule is CC(C)(N)C(=O)c1ccc2c(c1)NC(=O)CS2. The van der Waals surface area contributed by atoms with E-state index in [1.165, 1.54) is 11.8 Å². The fourth-order valence-electron chi connectivity index (χ4n) is 1.60. The Balaban J connectivity index is 2.37. The molecule has 1 aliphatic heterocycles. The number of nitrogens with one attached hydrogen (secondary N) is 1. The van der Waals surface area contributed by atoms with Gasteiger partial charge in [0, 0.05) is 10.5 Å². The van der Waals surface area contributed by atoms with Crippen molar-refractivity contribution in [3.63, 3.8) is 0 Å². The van der Waals surface area contributed by atoms with Crippen LogP contribution in [0.3, 0.4) is 0 Å². The lowest BCUT2D eigenvalue weighted by Gasteiger charge is -2.20. The minimum absolute atomic E-state index is 0.0425. The van der Waals surface area contributed by atoms with Crippen LogP contribution in [0.1, 0.15) is 24.2 Å². The first-order chi connectivity index (χ1) is 7.88. The number of hydrogen-bond donors (Lipinski definition) is 2. The van der Waals surface area contributed by atoms with Crippen molar-refractivity contribution in [3.8, 4) is 0 Å². The van der Waals surface area contributed by atoms with E-state index in [0.29, 0.717) is 17.0 Å². The van der Waals surface area contributed by atoms with Gasteiger partial charge in [-0.1, -0.05) is 6.07 Å². The quantitative estimate of drug-likeness (QED) is 0.783. The van der Waals surface area contributed by atoms with Crippen LogP contribution in [0.5, 0.6) is 0 Å². The Morgan fingerprint density at radius 2 is 2.18 bits per heavy atom. The van der Waals surface area contributed by atoms with E-state index >= 15 is 0 Å². The molecule has 3 N–H and O–H groups in total. The summed E-state index contributed by atoms with van der Waals surface area (Å²) in [6.45, 7) is 3.34. The monoisotopic (exact) mass is 250 g/mol. The minimum Gasteiger partial charge on any atom is -0.324 e. The zero-order valence-corrected chi connectivity index (χ0v) is 10.6. The molecule has 90 valence electrons. The zero-order valence-electron chi connectivity index (χ0n) is 9.74. The molecule has 1 aliphatic rings. The van der Waals surface area contributed by atoms with Gasteiger partial charge in [0.1, 0.15) is 0 Å². The first kappa shape index (κ1) is 12.1. The first-order valence-corrected chi connectivity index (χ1v) is 6.27. The third kappa shape index (κ3) is 2.50. The fraction of sp³-hybridized carbons (Fsp3) is 0.333. The molecule has 0 unspecified atom stereocenters. The molecule has 0 atom stereocenters. The summed E-state index contributed by atoms with van der Waals surface area (Å²) in [5.41, 5.74) is 6.09. The molecule has 1 aromatic carbocycles. The van der Waals surface area contributed by atoms with Crippen LogP contribution in [-0.2, 0) is 4.79 Å². The standard InChI is InChI=1S/C12H14N2O2S/c1-12(2,13)11(16)7-3-4-9-8(5-7)14-10(15)6-17-9/h3-5H,6,13H2,1-2H3,(H,14,15). The predicted octanol–water partition coefficient (Wildman–Crippen LogP) is 1.65. The van der Waals surface area contributed by atoms with Gasteiger partial charge in [0.25, 0.3) is 0 Å². The summed E-state index contributed by atoms with van der Waals surface area (Å²) in [5, 5.41) is 2.75. The molecule has 0 aliphatic carbocycles. The van der Waals surface area contributed by atoms with E-state index in [9.17, 15) is 9.59 Å². The summed E-state index contributed by atoms with van der Waals surface area (Å²) in [4.78, 5) is 24.2. The number of carbonyl (C=O) groups is 2. The van der Waals surface area contributed by atoms with E-state index in [2.05, 4.69) is 5.32 Å². The van der Waals surface area contributed by atoms with Crippen molar-refractivity contribution < 1.29 is 9.59 Å². The zero-order chi connectivity index (χ0) is 12.6. The number of fused-ring (bicyclic) bond motifs is 1. The van der Waals surface area contributed by atoms with Crippen LogP contribution in [0, 0.1) is 0 Å². The van der Waals surface area contributed by atoms with Gasteiger partial charge >= 0.3 is 0 Å². The molecule has 0 saturated carbocycles. The number of ketones is 1. The molecule has 2 rings (SSSR count). The second kappa shape index (κ2) is 4.16. The van der Waals surface area contributed by atoms with E-state index in [4.69, 9.17) is 5.73 Å². The number of thioether (sulfide) groups is 1. The normalized spacial score (nSPS) is 15.1. The van der Waals surface area contributed by atoms with Gasteiger partial charge in [-0.25, -0.2) is 0 Å². The summed E-state index contributed by atoms with van der Waals surface area (Å²) >= 11 is 1.47. The van der Waals surface area contributed by atoms with Crippen LogP contribution in [0.25, 0.3) is 0 Å². The molecule has 0 spiro atoms. The number of benzene rings is 1. The molecule has 0 aromatic heterocycles. The van der Waals surface area contributed by atoms with Gasteiger partial charge < -0.3 is 11.1 Å². The second-order valence-electron chi connectivity index (χ2n) is 4.60. The molecule has 1 amide bonds. The maximum absolute atomic E-state index is 12.0. The maximum atomic E-state index is 12.0. The molecular formula is C12H14N2O2S. The Morgan fingerprint density at radius 3 is 2.82 bits per heavy atom. The van der Waals surface area contributed by atoms with Crippen molar-refractivity contribution in [2.24, 2.45) is 5.73 Å². The summed E-state index contributed by atoms with van der Waals surface area (Å²) in [7, 11) is 0. The molecule has 4 nitrogen and oxygen atoms in total. The average Bonchev–Trinajstić information content (AvgIpc) is 2.25. The molecule has 1 heterocycles. The smallest absolute Gasteiger partial charge is 0.234 e. The first-order valence-electron chi connectivity index (χ1n) is 5.28. The lowest BCUT2D eigenvalue weighted by molar-refractivity contribution is -0.113.